The Labute approximate surface area is 258 Å². The Hall–Kier alpha value is -3.67. The van der Waals surface area contributed by atoms with Gasteiger partial charge in [-0.3, -0.25) is 14.4 Å². The zero-order valence-corrected chi connectivity index (χ0v) is 25.3. The van der Waals surface area contributed by atoms with E-state index >= 15 is 0 Å². The number of anilines is 1. The Morgan fingerprint density at radius 3 is 2.52 bits per heavy atom. The Balaban J connectivity index is 1.31. The minimum absolute atomic E-state index is 0.0110. The molecule has 6 rings (SSSR count). The van der Waals surface area contributed by atoms with Crippen molar-refractivity contribution < 1.29 is 23.1 Å². The van der Waals surface area contributed by atoms with Crippen LogP contribution in [0.2, 0.25) is 5.02 Å². The number of amides is 2. The van der Waals surface area contributed by atoms with Crippen LogP contribution in [0, 0.1) is 0 Å². The number of ether oxygens (including phenoxy) is 1. The summed E-state index contributed by atoms with van der Waals surface area (Å²) in [6.07, 6.45) is 5.43. The van der Waals surface area contributed by atoms with Crippen molar-refractivity contribution in [3.8, 4) is 11.1 Å². The van der Waals surface area contributed by atoms with Crippen molar-refractivity contribution in [1.29, 1.82) is 0 Å². The number of nitrogens with zero attached hydrogens (tertiary/aromatic N) is 3. The summed E-state index contributed by atoms with van der Waals surface area (Å²) in [6, 6.07) is 10.00. The molecule has 0 radical (unpaired) electrons. The van der Waals surface area contributed by atoms with Crippen molar-refractivity contribution in [3.63, 3.8) is 0 Å². The third kappa shape index (κ3) is 6.69. The lowest BCUT2D eigenvalue weighted by Gasteiger charge is -2.39. The molecule has 0 bridgehead atoms. The molecule has 1 aromatic carbocycles. The van der Waals surface area contributed by atoms with Crippen molar-refractivity contribution in [2.45, 2.75) is 63.1 Å². The average Bonchev–Trinajstić information content (AvgIpc) is 3.88. The molecule has 3 fully saturated rings. The first-order valence-corrected chi connectivity index (χ1v) is 15.2. The number of benzene rings is 1. The van der Waals surface area contributed by atoms with Crippen LogP contribution in [0.4, 0.5) is 14.6 Å². The van der Waals surface area contributed by atoms with E-state index in [1.165, 1.54) is 6.07 Å². The number of likely N-dealkylation sites (tertiary alicyclic amines) is 1. The van der Waals surface area contributed by atoms with Gasteiger partial charge in [0.1, 0.15) is 11.4 Å². The van der Waals surface area contributed by atoms with E-state index < -0.39 is 30.8 Å². The molecular weight excluding hydrogens is 592 g/mol. The molecule has 0 spiro atoms. The number of carbonyl (C=O) groups is 2. The van der Waals surface area contributed by atoms with Gasteiger partial charge in [-0.15, -0.1) is 0 Å². The lowest BCUT2D eigenvalue weighted by molar-refractivity contribution is -0.113. The van der Waals surface area contributed by atoms with Crippen molar-refractivity contribution in [1.82, 2.24) is 19.8 Å². The van der Waals surface area contributed by atoms with E-state index in [1.807, 2.05) is 13.0 Å². The number of hydrogen-bond acceptors (Lipinski definition) is 6. The molecule has 12 heteroatoms. The van der Waals surface area contributed by atoms with Crippen molar-refractivity contribution in [2.24, 2.45) is 0 Å². The SMILES string of the molecule is COC[C@H](C)NCc1cc(C(=O)Nc2cc(-c3ccc(Cl)cc3C(=O)N3CC(F)(F)C3)cc(C3CC3)n2)c(=O)n(C2CC2)c1. The second-order valence-electron chi connectivity index (χ2n) is 12.0. The van der Waals surface area contributed by atoms with Gasteiger partial charge in [0.15, 0.2) is 0 Å². The number of halogens is 3. The predicted octanol–water partition coefficient (Wildman–Crippen LogP) is 5.24. The van der Waals surface area contributed by atoms with Crippen molar-refractivity contribution >= 4 is 29.2 Å². The van der Waals surface area contributed by atoms with E-state index in [0.717, 1.165) is 41.8 Å². The molecule has 1 saturated heterocycles. The molecule has 9 nitrogen and oxygen atoms in total. The Bertz CT molecular complexity index is 1660. The first-order chi connectivity index (χ1) is 21.0. The number of aromatic nitrogens is 2. The second kappa shape index (κ2) is 12.0. The lowest BCUT2D eigenvalue weighted by atomic mass is 9.96. The van der Waals surface area contributed by atoms with E-state index in [2.05, 4.69) is 15.6 Å². The highest BCUT2D eigenvalue weighted by atomic mass is 35.5. The Morgan fingerprint density at radius 2 is 1.86 bits per heavy atom. The third-order valence-electron chi connectivity index (χ3n) is 8.09. The quantitative estimate of drug-likeness (QED) is 0.302. The van der Waals surface area contributed by atoms with Crippen LogP contribution in [0.25, 0.3) is 11.1 Å². The molecule has 3 heterocycles. The van der Waals surface area contributed by atoms with Crippen LogP contribution in [0.15, 0.2) is 47.4 Å². The highest BCUT2D eigenvalue weighted by molar-refractivity contribution is 6.31. The monoisotopic (exact) mass is 625 g/mol. The van der Waals surface area contributed by atoms with Crippen molar-refractivity contribution in [3.05, 3.63) is 80.4 Å². The largest absolute Gasteiger partial charge is 0.383 e. The summed E-state index contributed by atoms with van der Waals surface area (Å²) in [5.74, 6) is -3.61. The molecular formula is C32H34ClF2N5O4. The topological polar surface area (TPSA) is 106 Å². The summed E-state index contributed by atoms with van der Waals surface area (Å²) in [5.41, 5.74) is 2.45. The van der Waals surface area contributed by atoms with Crippen LogP contribution in [0.1, 0.15) is 76.5 Å². The van der Waals surface area contributed by atoms with Gasteiger partial charge in [0, 0.05) is 54.1 Å². The number of pyridine rings is 2. The average molecular weight is 626 g/mol. The van der Waals surface area contributed by atoms with Gasteiger partial charge in [0.05, 0.1) is 19.7 Å². The molecule has 0 unspecified atom stereocenters. The van der Waals surface area contributed by atoms with Crippen LogP contribution in [-0.2, 0) is 11.3 Å². The summed E-state index contributed by atoms with van der Waals surface area (Å²) in [7, 11) is 1.63. The van der Waals surface area contributed by atoms with E-state index in [4.69, 9.17) is 16.3 Å². The van der Waals surface area contributed by atoms with Crippen LogP contribution >= 0.6 is 11.6 Å². The molecule has 2 N–H and O–H groups in total. The van der Waals surface area contributed by atoms with Crippen LogP contribution in [-0.4, -0.2) is 65.0 Å². The zero-order chi connectivity index (χ0) is 31.2. The van der Waals surface area contributed by atoms with Gasteiger partial charge in [0.2, 0.25) is 0 Å². The summed E-state index contributed by atoms with van der Waals surface area (Å²) in [6.45, 7) is 1.66. The maximum atomic E-state index is 13.6. The summed E-state index contributed by atoms with van der Waals surface area (Å²) in [5, 5.41) is 6.47. The number of rotatable bonds is 11. The lowest BCUT2D eigenvalue weighted by Crippen LogP contribution is -2.58. The molecule has 2 aromatic heterocycles. The number of nitrogens with one attached hydrogen (secondary N) is 2. The summed E-state index contributed by atoms with van der Waals surface area (Å²) in [4.78, 5) is 46.0. The van der Waals surface area contributed by atoms with Gasteiger partial charge in [0.25, 0.3) is 23.3 Å². The predicted molar refractivity (Wildman–Crippen MR) is 163 cm³/mol. The minimum atomic E-state index is -2.91. The molecule has 232 valence electrons. The highest BCUT2D eigenvalue weighted by Crippen LogP contribution is 2.42. The van der Waals surface area contributed by atoms with Gasteiger partial charge < -0.3 is 24.8 Å². The first-order valence-electron chi connectivity index (χ1n) is 14.8. The summed E-state index contributed by atoms with van der Waals surface area (Å²) < 4.78 is 34.0. The summed E-state index contributed by atoms with van der Waals surface area (Å²) >= 11 is 6.22. The zero-order valence-electron chi connectivity index (χ0n) is 24.5. The molecule has 3 aliphatic rings. The minimum Gasteiger partial charge on any atom is -0.383 e. The molecule has 2 aliphatic carbocycles. The maximum absolute atomic E-state index is 13.6. The van der Waals surface area contributed by atoms with Gasteiger partial charge in [-0.1, -0.05) is 17.7 Å². The van der Waals surface area contributed by atoms with Gasteiger partial charge >= 0.3 is 0 Å². The van der Waals surface area contributed by atoms with Crippen LogP contribution in [0.3, 0.4) is 0 Å². The highest BCUT2D eigenvalue weighted by Gasteiger charge is 2.46. The first kappa shape index (κ1) is 30.4. The molecule has 44 heavy (non-hydrogen) atoms. The number of carbonyl (C=O) groups excluding carboxylic acids is 2. The fourth-order valence-corrected chi connectivity index (χ4v) is 5.63. The molecule has 3 aromatic rings. The number of alkyl halides is 2. The smallest absolute Gasteiger partial charge is 0.282 e. The number of methoxy groups -OCH3 is 1. The third-order valence-corrected chi connectivity index (χ3v) is 8.33. The number of hydrogen-bond donors (Lipinski definition) is 2. The van der Waals surface area contributed by atoms with Gasteiger partial charge in [-0.25, -0.2) is 13.8 Å². The van der Waals surface area contributed by atoms with Gasteiger partial charge in [-0.2, -0.15) is 0 Å². The Morgan fingerprint density at radius 1 is 1.11 bits per heavy atom. The standard InChI is InChI=1S/C32H34ClF2N5O4/c1-18(15-44-2)36-13-19-9-26(31(43)40(14-19)23-6-7-23)29(41)38-28-11-21(10-27(37-28)20-3-4-20)24-8-5-22(33)12-25(24)30(42)39-16-32(34,35)17-39/h5,8-12,14,18,20,23,36H,3-4,6-7,13,15-17H2,1-2H3,(H,37,38,41)/t18-/m0/s1. The van der Waals surface area contributed by atoms with Crippen LogP contribution in [0.5, 0.6) is 0 Å². The van der Waals surface area contributed by atoms with Gasteiger partial charge in [-0.05, 0) is 79.6 Å². The second-order valence-corrected chi connectivity index (χ2v) is 12.5. The maximum Gasteiger partial charge on any atom is 0.282 e. The molecule has 1 atom stereocenters. The van der Waals surface area contributed by atoms with Crippen molar-refractivity contribution in [2.75, 3.05) is 32.1 Å². The van der Waals surface area contributed by atoms with E-state index in [1.54, 1.807) is 42.1 Å². The van der Waals surface area contributed by atoms with E-state index in [-0.39, 0.29) is 40.5 Å². The molecule has 2 amide bonds. The van der Waals surface area contributed by atoms with E-state index in [9.17, 15) is 23.2 Å². The molecule has 1 aliphatic heterocycles. The Kier molecular flexibility index (Phi) is 8.29. The normalized spacial score (nSPS) is 18.1. The molecule has 2 saturated carbocycles. The van der Waals surface area contributed by atoms with Crippen LogP contribution < -0.4 is 16.2 Å². The van der Waals surface area contributed by atoms with E-state index in [0.29, 0.717) is 29.3 Å². The fourth-order valence-electron chi connectivity index (χ4n) is 5.46. The fraction of sp³-hybridized carbons (Fsp3) is 0.438.